The molecule has 70 valence electrons. The van der Waals surface area contributed by atoms with Gasteiger partial charge in [0.25, 0.3) is 0 Å². The number of hydrogen-bond donors (Lipinski definition) is 0. The molecule has 0 amide bonds. The van der Waals surface area contributed by atoms with Gasteiger partial charge in [0.15, 0.2) is 0 Å². The summed E-state index contributed by atoms with van der Waals surface area (Å²) in [5, 5.41) is 2.82. The van der Waals surface area contributed by atoms with Crippen LogP contribution in [0.4, 0.5) is 0 Å². The van der Waals surface area contributed by atoms with E-state index < -0.39 is 0 Å². The van der Waals surface area contributed by atoms with Gasteiger partial charge in [-0.05, 0) is 29.6 Å². The molecule has 0 fully saturated rings. The number of benzene rings is 1. The Bertz CT molecular complexity index is 490. The second-order valence-corrected chi connectivity index (χ2v) is 4.56. The number of rotatable bonds is 0. The summed E-state index contributed by atoms with van der Waals surface area (Å²) in [6.07, 6.45) is 0. The minimum atomic E-state index is 0.659. The van der Waals surface area contributed by atoms with E-state index in [0.29, 0.717) is 6.61 Å². The van der Waals surface area contributed by atoms with Crippen molar-refractivity contribution in [1.29, 1.82) is 0 Å². The van der Waals surface area contributed by atoms with E-state index in [1.807, 2.05) is 18.2 Å². The van der Waals surface area contributed by atoms with Crippen molar-refractivity contribution in [1.82, 2.24) is 0 Å². The van der Waals surface area contributed by atoms with Gasteiger partial charge in [0.1, 0.15) is 12.4 Å². The smallest absolute Gasteiger partial charge is 0.129 e. The predicted octanol–water partition coefficient (Wildman–Crippen LogP) is 3.96. The van der Waals surface area contributed by atoms with Crippen molar-refractivity contribution in [2.24, 2.45) is 0 Å². The quantitative estimate of drug-likeness (QED) is 0.656. The van der Waals surface area contributed by atoms with E-state index in [2.05, 4.69) is 11.4 Å². The number of fused-ring (bicyclic) bond motifs is 3. The Morgan fingerprint density at radius 3 is 3.14 bits per heavy atom. The van der Waals surface area contributed by atoms with Crippen molar-refractivity contribution in [2.75, 3.05) is 0 Å². The maximum Gasteiger partial charge on any atom is 0.129 e. The highest BCUT2D eigenvalue weighted by Gasteiger charge is 2.17. The van der Waals surface area contributed by atoms with Gasteiger partial charge < -0.3 is 4.74 Å². The number of thiophene rings is 1. The van der Waals surface area contributed by atoms with Gasteiger partial charge in [0.05, 0.1) is 0 Å². The zero-order chi connectivity index (χ0) is 9.54. The second-order valence-electron chi connectivity index (χ2n) is 3.20. The predicted molar refractivity (Wildman–Crippen MR) is 59.1 cm³/mol. The lowest BCUT2D eigenvalue weighted by molar-refractivity contribution is 0.303. The van der Waals surface area contributed by atoms with Crippen LogP contribution in [0, 0.1) is 0 Å². The Morgan fingerprint density at radius 2 is 2.21 bits per heavy atom. The molecule has 3 heteroatoms. The van der Waals surface area contributed by atoms with Crippen LogP contribution in [0.15, 0.2) is 29.6 Å². The molecule has 14 heavy (non-hydrogen) atoms. The van der Waals surface area contributed by atoms with Crippen LogP contribution in [0.3, 0.4) is 0 Å². The Labute approximate surface area is 90.9 Å². The summed E-state index contributed by atoms with van der Waals surface area (Å²) in [5.74, 6) is 0.896. The molecule has 0 bridgehead atoms. The molecule has 0 radical (unpaired) electrons. The molecule has 0 aliphatic carbocycles. The lowest BCUT2D eigenvalue weighted by Gasteiger charge is -2.17. The zero-order valence-corrected chi connectivity index (χ0v) is 8.86. The van der Waals surface area contributed by atoms with Crippen molar-refractivity contribution in [3.63, 3.8) is 0 Å². The van der Waals surface area contributed by atoms with Gasteiger partial charge in [-0.1, -0.05) is 11.6 Å². The molecule has 1 aromatic carbocycles. The van der Waals surface area contributed by atoms with Crippen LogP contribution < -0.4 is 4.74 Å². The van der Waals surface area contributed by atoms with Crippen LogP contribution in [0.25, 0.3) is 10.4 Å². The molecule has 1 aliphatic heterocycles. The standard InChI is InChI=1S/C11H7ClOS/c12-8-1-2-9-10(5-8)13-6-7-3-4-14-11(7)9/h1-5H,6H2. The van der Waals surface area contributed by atoms with Gasteiger partial charge in [0.2, 0.25) is 0 Å². The van der Waals surface area contributed by atoms with Gasteiger partial charge in [-0.3, -0.25) is 0 Å². The highest BCUT2D eigenvalue weighted by molar-refractivity contribution is 7.13. The van der Waals surface area contributed by atoms with Crippen molar-refractivity contribution >= 4 is 22.9 Å². The van der Waals surface area contributed by atoms with Crippen LogP contribution in [0.1, 0.15) is 5.56 Å². The summed E-state index contributed by atoms with van der Waals surface area (Å²) in [4.78, 5) is 1.31. The molecule has 0 spiro atoms. The average Bonchev–Trinajstić information content (AvgIpc) is 2.65. The molecular weight excluding hydrogens is 216 g/mol. The van der Waals surface area contributed by atoms with Gasteiger partial charge in [-0.2, -0.15) is 0 Å². The van der Waals surface area contributed by atoms with Crippen molar-refractivity contribution in [2.45, 2.75) is 6.61 Å². The van der Waals surface area contributed by atoms with Gasteiger partial charge in [-0.25, -0.2) is 0 Å². The fourth-order valence-corrected chi connectivity index (χ4v) is 2.75. The molecule has 3 rings (SSSR count). The Kier molecular flexibility index (Phi) is 1.79. The van der Waals surface area contributed by atoms with Crippen LogP contribution >= 0.6 is 22.9 Å². The van der Waals surface area contributed by atoms with E-state index in [4.69, 9.17) is 16.3 Å². The fourth-order valence-electron chi connectivity index (χ4n) is 1.64. The number of ether oxygens (including phenoxy) is 1. The molecule has 2 aromatic rings. The van der Waals surface area contributed by atoms with Crippen molar-refractivity contribution in [3.05, 3.63) is 40.2 Å². The van der Waals surface area contributed by atoms with Crippen molar-refractivity contribution in [3.8, 4) is 16.2 Å². The molecule has 2 heterocycles. The summed E-state index contributed by atoms with van der Waals surface area (Å²) >= 11 is 7.65. The maximum atomic E-state index is 5.90. The zero-order valence-electron chi connectivity index (χ0n) is 7.29. The minimum absolute atomic E-state index is 0.659. The molecule has 0 saturated heterocycles. The van der Waals surface area contributed by atoms with E-state index in [1.54, 1.807) is 11.3 Å². The Hall–Kier alpha value is -0.990. The lowest BCUT2D eigenvalue weighted by Crippen LogP contribution is -2.02. The summed E-state index contributed by atoms with van der Waals surface area (Å²) < 4.78 is 5.61. The van der Waals surface area contributed by atoms with Crippen LogP contribution in [-0.2, 0) is 6.61 Å². The third-order valence-electron chi connectivity index (χ3n) is 2.32. The first-order valence-corrected chi connectivity index (χ1v) is 5.59. The summed E-state index contributed by atoms with van der Waals surface area (Å²) in [5.41, 5.74) is 2.43. The highest BCUT2D eigenvalue weighted by atomic mass is 35.5. The van der Waals surface area contributed by atoms with Crippen LogP contribution in [0.5, 0.6) is 5.75 Å². The van der Waals surface area contributed by atoms with Gasteiger partial charge in [-0.15, -0.1) is 11.3 Å². The summed E-state index contributed by atoms with van der Waals surface area (Å²) in [6.45, 7) is 0.659. The number of hydrogen-bond acceptors (Lipinski definition) is 2. The van der Waals surface area contributed by atoms with Crippen LogP contribution in [-0.4, -0.2) is 0 Å². The first-order chi connectivity index (χ1) is 6.84. The Morgan fingerprint density at radius 1 is 1.29 bits per heavy atom. The van der Waals surface area contributed by atoms with Crippen LogP contribution in [0.2, 0.25) is 5.02 Å². The molecule has 0 saturated carbocycles. The topological polar surface area (TPSA) is 9.23 Å². The fraction of sp³-hybridized carbons (Fsp3) is 0.0909. The largest absolute Gasteiger partial charge is 0.488 e. The van der Waals surface area contributed by atoms with Gasteiger partial charge in [0, 0.05) is 21.0 Å². The first-order valence-electron chi connectivity index (χ1n) is 4.34. The number of halogens is 1. The van der Waals surface area contributed by atoms with Crippen molar-refractivity contribution < 1.29 is 4.74 Å². The molecule has 0 unspecified atom stereocenters. The normalized spacial score (nSPS) is 12.9. The SMILES string of the molecule is Clc1ccc2c(c1)OCc1ccsc1-2. The molecule has 0 N–H and O–H groups in total. The van der Waals surface area contributed by atoms with E-state index in [-0.39, 0.29) is 0 Å². The molecule has 1 aliphatic rings. The monoisotopic (exact) mass is 222 g/mol. The third kappa shape index (κ3) is 1.15. The highest BCUT2D eigenvalue weighted by Crippen LogP contribution is 2.41. The second kappa shape index (κ2) is 3.01. The van der Waals surface area contributed by atoms with E-state index >= 15 is 0 Å². The first kappa shape index (κ1) is 8.33. The molecule has 0 atom stereocenters. The minimum Gasteiger partial charge on any atom is -0.488 e. The molecule has 1 nitrogen and oxygen atoms in total. The van der Waals surface area contributed by atoms with E-state index in [0.717, 1.165) is 16.3 Å². The molecular formula is C11H7ClOS. The van der Waals surface area contributed by atoms with E-state index in [1.165, 1.54) is 10.4 Å². The summed E-state index contributed by atoms with van der Waals surface area (Å²) in [6, 6.07) is 7.90. The Balaban J connectivity index is 2.26. The van der Waals surface area contributed by atoms with Gasteiger partial charge >= 0.3 is 0 Å². The third-order valence-corrected chi connectivity index (χ3v) is 3.54. The maximum absolute atomic E-state index is 5.90. The molecule has 1 aromatic heterocycles. The lowest BCUT2D eigenvalue weighted by atomic mass is 10.1. The average molecular weight is 223 g/mol. The summed E-state index contributed by atoms with van der Waals surface area (Å²) in [7, 11) is 0. The van der Waals surface area contributed by atoms with E-state index in [9.17, 15) is 0 Å².